The van der Waals surface area contributed by atoms with E-state index in [-0.39, 0.29) is 40.8 Å². The molecule has 26 heavy (non-hydrogen) atoms. The second-order valence-electron chi connectivity index (χ2n) is 5.51. The molecule has 2 N–H and O–H groups in total. The lowest BCUT2D eigenvalue weighted by Gasteiger charge is -2.12. The Kier molecular flexibility index (Phi) is 3.54. The van der Waals surface area contributed by atoms with E-state index in [1.54, 1.807) is 18.2 Å². The molecule has 8 nitrogen and oxygen atoms in total. The van der Waals surface area contributed by atoms with Gasteiger partial charge in [-0.05, 0) is 18.2 Å². The van der Waals surface area contributed by atoms with Crippen LogP contribution in [0, 0.1) is 0 Å². The minimum Gasteiger partial charge on any atom is -0.507 e. The van der Waals surface area contributed by atoms with E-state index in [0.717, 1.165) is 6.07 Å². The van der Waals surface area contributed by atoms with E-state index in [0.29, 0.717) is 17.1 Å². The van der Waals surface area contributed by atoms with Crippen LogP contribution in [0.3, 0.4) is 0 Å². The van der Waals surface area contributed by atoms with Gasteiger partial charge in [-0.25, -0.2) is 0 Å². The first kappa shape index (κ1) is 15.9. The molecule has 0 bridgehead atoms. The molecule has 134 valence electrons. The summed E-state index contributed by atoms with van der Waals surface area (Å²) < 4.78 is 26.6. The summed E-state index contributed by atoms with van der Waals surface area (Å²) in [5, 5.41) is 20.3. The van der Waals surface area contributed by atoms with Gasteiger partial charge in [-0.3, -0.25) is 4.79 Å². The molecule has 0 amide bonds. The second-order valence-corrected chi connectivity index (χ2v) is 5.51. The third-order valence-corrected chi connectivity index (χ3v) is 4.10. The predicted octanol–water partition coefficient (Wildman–Crippen LogP) is 2.62. The van der Waals surface area contributed by atoms with E-state index in [1.807, 2.05) is 0 Å². The van der Waals surface area contributed by atoms with Gasteiger partial charge in [0.1, 0.15) is 11.1 Å². The van der Waals surface area contributed by atoms with Gasteiger partial charge < -0.3 is 33.6 Å². The van der Waals surface area contributed by atoms with Gasteiger partial charge in [-0.2, -0.15) is 0 Å². The topological polar surface area (TPSA) is 108 Å². The maximum atomic E-state index is 12.8. The first-order valence-corrected chi connectivity index (χ1v) is 7.59. The SMILES string of the molecule is COc1cc(O)c2c(=O)c(OC)c(-c3ccc4c(c3)OCO4)oc2c1O. The number of ether oxygens (including phenoxy) is 4. The molecule has 0 unspecified atom stereocenters. The summed E-state index contributed by atoms with van der Waals surface area (Å²) in [6.07, 6.45) is 0. The Morgan fingerprint density at radius 1 is 1.04 bits per heavy atom. The lowest BCUT2D eigenvalue weighted by atomic mass is 10.1. The largest absolute Gasteiger partial charge is 0.507 e. The Morgan fingerprint density at radius 2 is 1.81 bits per heavy atom. The van der Waals surface area contributed by atoms with E-state index < -0.39 is 11.2 Å². The van der Waals surface area contributed by atoms with Crippen LogP contribution >= 0.6 is 0 Å². The highest BCUT2D eigenvalue weighted by molar-refractivity contribution is 5.93. The third kappa shape index (κ3) is 2.19. The number of hydrogen-bond acceptors (Lipinski definition) is 8. The third-order valence-electron chi connectivity index (χ3n) is 4.10. The number of fused-ring (bicyclic) bond motifs is 2. The highest BCUT2D eigenvalue weighted by atomic mass is 16.7. The van der Waals surface area contributed by atoms with Crippen LogP contribution in [-0.4, -0.2) is 31.2 Å². The number of benzene rings is 2. The zero-order chi connectivity index (χ0) is 18.4. The summed E-state index contributed by atoms with van der Waals surface area (Å²) in [4.78, 5) is 12.8. The molecule has 0 spiro atoms. The van der Waals surface area contributed by atoms with Crippen LogP contribution < -0.4 is 24.4 Å². The summed E-state index contributed by atoms with van der Waals surface area (Å²) in [5.41, 5.74) is -0.357. The van der Waals surface area contributed by atoms with Gasteiger partial charge in [0.15, 0.2) is 28.6 Å². The summed E-state index contributed by atoms with van der Waals surface area (Å²) in [7, 11) is 2.63. The molecule has 1 aliphatic rings. The molecular weight excluding hydrogens is 344 g/mol. The molecule has 2 heterocycles. The smallest absolute Gasteiger partial charge is 0.239 e. The molecule has 8 heteroatoms. The molecule has 1 aliphatic heterocycles. The van der Waals surface area contributed by atoms with Crippen LogP contribution in [0.25, 0.3) is 22.3 Å². The molecule has 0 fully saturated rings. The van der Waals surface area contributed by atoms with E-state index >= 15 is 0 Å². The van der Waals surface area contributed by atoms with Gasteiger partial charge in [0.25, 0.3) is 0 Å². The first-order chi connectivity index (χ1) is 12.5. The van der Waals surface area contributed by atoms with Gasteiger partial charge in [-0.15, -0.1) is 0 Å². The fourth-order valence-corrected chi connectivity index (χ4v) is 2.86. The molecular formula is C18H14O8. The van der Waals surface area contributed by atoms with Crippen molar-refractivity contribution in [2.45, 2.75) is 0 Å². The lowest BCUT2D eigenvalue weighted by Crippen LogP contribution is -2.08. The van der Waals surface area contributed by atoms with Crippen molar-refractivity contribution in [1.82, 2.24) is 0 Å². The van der Waals surface area contributed by atoms with Crippen molar-refractivity contribution in [2.24, 2.45) is 0 Å². The molecule has 1 aromatic heterocycles. The average molecular weight is 358 g/mol. The van der Waals surface area contributed by atoms with Crippen molar-refractivity contribution in [2.75, 3.05) is 21.0 Å². The van der Waals surface area contributed by atoms with E-state index in [2.05, 4.69) is 0 Å². The normalized spacial score (nSPS) is 12.4. The highest BCUT2D eigenvalue weighted by Crippen LogP contribution is 2.44. The van der Waals surface area contributed by atoms with Crippen molar-refractivity contribution in [3.05, 3.63) is 34.5 Å². The number of phenols is 2. The van der Waals surface area contributed by atoms with Gasteiger partial charge in [-0.1, -0.05) is 0 Å². The summed E-state index contributed by atoms with van der Waals surface area (Å²) >= 11 is 0. The summed E-state index contributed by atoms with van der Waals surface area (Å²) in [6.45, 7) is 0.101. The van der Waals surface area contributed by atoms with Crippen LogP contribution in [0.2, 0.25) is 0 Å². The number of aromatic hydroxyl groups is 2. The zero-order valence-electron chi connectivity index (χ0n) is 13.9. The Bertz CT molecular complexity index is 1080. The zero-order valence-corrected chi connectivity index (χ0v) is 13.9. The monoisotopic (exact) mass is 358 g/mol. The van der Waals surface area contributed by atoms with Gasteiger partial charge in [0.05, 0.1) is 14.2 Å². The fourth-order valence-electron chi connectivity index (χ4n) is 2.86. The molecule has 3 aromatic rings. The van der Waals surface area contributed by atoms with Gasteiger partial charge >= 0.3 is 0 Å². The molecule has 0 saturated heterocycles. The second kappa shape index (κ2) is 5.76. The molecule has 0 atom stereocenters. The summed E-state index contributed by atoms with van der Waals surface area (Å²) in [6, 6.07) is 6.10. The number of rotatable bonds is 3. The van der Waals surface area contributed by atoms with Gasteiger partial charge in [0, 0.05) is 11.6 Å². The van der Waals surface area contributed by atoms with Crippen LogP contribution in [0.4, 0.5) is 0 Å². The van der Waals surface area contributed by atoms with Crippen molar-refractivity contribution in [3.8, 4) is 45.8 Å². The first-order valence-electron chi connectivity index (χ1n) is 7.59. The van der Waals surface area contributed by atoms with Crippen molar-refractivity contribution in [1.29, 1.82) is 0 Å². The van der Waals surface area contributed by atoms with Crippen molar-refractivity contribution in [3.63, 3.8) is 0 Å². The Hall–Kier alpha value is -3.55. The lowest BCUT2D eigenvalue weighted by molar-refractivity contribution is 0.174. The van der Waals surface area contributed by atoms with Crippen LogP contribution in [0.1, 0.15) is 0 Å². The number of hydrogen-bond donors (Lipinski definition) is 2. The fraction of sp³-hybridized carbons (Fsp3) is 0.167. The average Bonchev–Trinajstić information content (AvgIpc) is 3.11. The summed E-state index contributed by atoms with van der Waals surface area (Å²) in [5.74, 6) is 0.200. The maximum Gasteiger partial charge on any atom is 0.239 e. The van der Waals surface area contributed by atoms with E-state index in [4.69, 9.17) is 23.4 Å². The Morgan fingerprint density at radius 3 is 2.54 bits per heavy atom. The number of methoxy groups -OCH3 is 2. The van der Waals surface area contributed by atoms with Crippen LogP contribution in [0.15, 0.2) is 33.5 Å². The van der Waals surface area contributed by atoms with E-state index in [9.17, 15) is 15.0 Å². The van der Waals surface area contributed by atoms with Crippen LogP contribution in [-0.2, 0) is 0 Å². The highest BCUT2D eigenvalue weighted by Gasteiger charge is 2.25. The maximum absolute atomic E-state index is 12.8. The minimum atomic E-state index is -0.628. The molecule has 0 aliphatic carbocycles. The van der Waals surface area contributed by atoms with Crippen molar-refractivity contribution >= 4 is 11.0 Å². The quantitative estimate of drug-likeness (QED) is 0.688. The van der Waals surface area contributed by atoms with Gasteiger partial charge in [0.2, 0.25) is 23.7 Å². The Labute approximate surface area is 146 Å². The molecule has 0 radical (unpaired) electrons. The van der Waals surface area contributed by atoms with Crippen molar-refractivity contribution < 1.29 is 33.6 Å². The predicted molar refractivity (Wildman–Crippen MR) is 90.5 cm³/mol. The molecule has 4 rings (SSSR count). The number of phenolic OH excluding ortho intramolecular Hbond substituents is 2. The van der Waals surface area contributed by atoms with Crippen LogP contribution in [0.5, 0.6) is 34.5 Å². The van der Waals surface area contributed by atoms with E-state index in [1.165, 1.54) is 14.2 Å². The standard InChI is InChI=1S/C18H14O8/c1-22-12-6-9(19)13-15(21)18(23-2)16(26-17(13)14(12)20)8-3-4-10-11(5-8)25-7-24-10/h3-6,19-20H,7H2,1-2H3. The minimum absolute atomic E-state index is 0.0278. The Balaban J connectivity index is 2.06. The molecule has 2 aromatic carbocycles. The molecule has 0 saturated carbocycles.